The number of nitrogens with one attached hydrogen (secondary N) is 1. The van der Waals surface area contributed by atoms with Crippen LogP contribution in [0.3, 0.4) is 0 Å². The highest BCUT2D eigenvalue weighted by Gasteiger charge is 2.06. The molecule has 3 N–H and O–H groups in total. The van der Waals surface area contributed by atoms with Gasteiger partial charge in [0.2, 0.25) is 0 Å². The third kappa shape index (κ3) is 2.85. The molecule has 72 valence electrons. The molecular weight excluding hydrogens is 166 g/mol. The fourth-order valence-corrected chi connectivity index (χ4v) is 1.05. The Labute approximate surface area is 77.5 Å². The molecule has 1 aromatic rings. The number of aliphatic imine (C=N–C) groups is 1. The van der Waals surface area contributed by atoms with Gasteiger partial charge in [-0.1, -0.05) is 6.92 Å². The first kappa shape index (κ1) is 9.70. The van der Waals surface area contributed by atoms with E-state index >= 15 is 0 Å². The lowest BCUT2D eigenvalue weighted by atomic mass is 10.3. The maximum absolute atomic E-state index is 5.68. The van der Waals surface area contributed by atoms with Crippen molar-refractivity contribution in [2.45, 2.75) is 32.7 Å². The summed E-state index contributed by atoms with van der Waals surface area (Å²) in [4.78, 5) is 8.27. The smallest absolute Gasteiger partial charge is 0.148 e. The van der Waals surface area contributed by atoms with Crippen LogP contribution in [0.25, 0.3) is 0 Å². The standard InChI is InChI=1S/C8H15N5/c1-3-4-7(9)12-6(2)8-10-5-11-13-8/h5-6H,3-4H2,1-2H3,(H2,9,12)(H,10,11,13). The Morgan fingerprint density at radius 3 is 3.08 bits per heavy atom. The minimum absolute atomic E-state index is 0.0333. The molecule has 0 aromatic carbocycles. The van der Waals surface area contributed by atoms with Crippen molar-refractivity contribution in [1.82, 2.24) is 15.2 Å². The van der Waals surface area contributed by atoms with Crippen LogP contribution in [0.4, 0.5) is 0 Å². The number of nitrogens with two attached hydrogens (primary N) is 1. The van der Waals surface area contributed by atoms with Crippen molar-refractivity contribution in [2.75, 3.05) is 0 Å². The number of amidine groups is 1. The van der Waals surface area contributed by atoms with Gasteiger partial charge < -0.3 is 5.73 Å². The van der Waals surface area contributed by atoms with Crippen LogP contribution in [-0.4, -0.2) is 21.0 Å². The van der Waals surface area contributed by atoms with Crippen LogP contribution >= 0.6 is 0 Å². The Morgan fingerprint density at radius 2 is 2.54 bits per heavy atom. The molecular formula is C8H15N5. The first-order valence-corrected chi connectivity index (χ1v) is 4.41. The van der Waals surface area contributed by atoms with Crippen LogP contribution in [0.15, 0.2) is 11.3 Å². The number of H-pyrrole nitrogens is 1. The fraction of sp³-hybridized carbons (Fsp3) is 0.625. The summed E-state index contributed by atoms with van der Waals surface area (Å²) in [5.74, 6) is 1.42. The van der Waals surface area contributed by atoms with Crippen LogP contribution in [0, 0.1) is 0 Å². The number of hydrogen-bond donors (Lipinski definition) is 2. The molecule has 0 saturated carbocycles. The first-order chi connectivity index (χ1) is 6.24. The summed E-state index contributed by atoms with van der Waals surface area (Å²) >= 11 is 0. The largest absolute Gasteiger partial charge is 0.387 e. The number of aromatic nitrogens is 3. The van der Waals surface area contributed by atoms with Crippen LogP contribution in [-0.2, 0) is 0 Å². The lowest BCUT2D eigenvalue weighted by molar-refractivity contribution is 0.740. The number of aromatic amines is 1. The van der Waals surface area contributed by atoms with Crippen molar-refractivity contribution in [3.05, 3.63) is 12.2 Å². The number of nitrogens with zero attached hydrogens (tertiary/aromatic N) is 3. The average Bonchev–Trinajstić information content (AvgIpc) is 2.55. The maximum atomic E-state index is 5.68. The summed E-state index contributed by atoms with van der Waals surface area (Å²) in [6.45, 7) is 4.00. The highest BCUT2D eigenvalue weighted by atomic mass is 15.2. The van der Waals surface area contributed by atoms with Gasteiger partial charge in [0.25, 0.3) is 0 Å². The number of rotatable bonds is 4. The summed E-state index contributed by atoms with van der Waals surface area (Å²) < 4.78 is 0. The second kappa shape index (κ2) is 4.59. The zero-order chi connectivity index (χ0) is 9.68. The van der Waals surface area contributed by atoms with Crippen LogP contribution in [0.1, 0.15) is 38.6 Å². The molecule has 1 atom stereocenters. The Bertz CT molecular complexity index is 264. The Balaban J connectivity index is 2.59. The Morgan fingerprint density at radius 1 is 1.77 bits per heavy atom. The summed E-state index contributed by atoms with van der Waals surface area (Å²) in [5, 5.41) is 6.51. The molecule has 0 fully saturated rings. The topological polar surface area (TPSA) is 79.9 Å². The molecule has 1 rings (SSSR count). The van der Waals surface area contributed by atoms with Gasteiger partial charge in [0.15, 0.2) is 0 Å². The lowest BCUT2D eigenvalue weighted by Gasteiger charge is -2.03. The fourth-order valence-electron chi connectivity index (χ4n) is 1.05. The quantitative estimate of drug-likeness (QED) is 0.537. The lowest BCUT2D eigenvalue weighted by Crippen LogP contribution is -2.12. The van der Waals surface area contributed by atoms with E-state index in [1.165, 1.54) is 6.33 Å². The minimum atomic E-state index is -0.0333. The van der Waals surface area contributed by atoms with E-state index in [1.54, 1.807) is 0 Å². The molecule has 0 aliphatic rings. The van der Waals surface area contributed by atoms with Crippen molar-refractivity contribution in [3.63, 3.8) is 0 Å². The zero-order valence-corrected chi connectivity index (χ0v) is 7.99. The zero-order valence-electron chi connectivity index (χ0n) is 7.99. The third-order valence-corrected chi connectivity index (χ3v) is 1.69. The summed E-state index contributed by atoms with van der Waals surface area (Å²) in [6, 6.07) is -0.0333. The summed E-state index contributed by atoms with van der Waals surface area (Å²) in [5.41, 5.74) is 5.68. The van der Waals surface area contributed by atoms with Crippen molar-refractivity contribution in [1.29, 1.82) is 0 Å². The molecule has 0 amide bonds. The molecule has 1 aromatic heterocycles. The van der Waals surface area contributed by atoms with E-state index in [0.29, 0.717) is 5.84 Å². The van der Waals surface area contributed by atoms with Crippen molar-refractivity contribution in [2.24, 2.45) is 10.7 Å². The summed E-state index contributed by atoms with van der Waals surface area (Å²) in [6.07, 6.45) is 3.31. The highest BCUT2D eigenvalue weighted by Crippen LogP contribution is 2.10. The van der Waals surface area contributed by atoms with Crippen molar-refractivity contribution in [3.8, 4) is 0 Å². The normalized spacial score (nSPS) is 14.5. The van der Waals surface area contributed by atoms with Gasteiger partial charge in [0.1, 0.15) is 18.2 Å². The van der Waals surface area contributed by atoms with Crippen LogP contribution in [0.2, 0.25) is 0 Å². The first-order valence-electron chi connectivity index (χ1n) is 4.41. The molecule has 0 bridgehead atoms. The van der Waals surface area contributed by atoms with E-state index in [0.717, 1.165) is 18.7 Å². The van der Waals surface area contributed by atoms with E-state index in [1.807, 2.05) is 6.92 Å². The molecule has 13 heavy (non-hydrogen) atoms. The van der Waals surface area contributed by atoms with E-state index in [2.05, 4.69) is 27.1 Å². The van der Waals surface area contributed by atoms with Crippen LogP contribution < -0.4 is 5.73 Å². The number of hydrogen-bond acceptors (Lipinski definition) is 3. The molecule has 0 spiro atoms. The van der Waals surface area contributed by atoms with E-state index in [9.17, 15) is 0 Å². The maximum Gasteiger partial charge on any atom is 0.148 e. The van der Waals surface area contributed by atoms with Gasteiger partial charge in [0, 0.05) is 6.42 Å². The van der Waals surface area contributed by atoms with E-state index in [4.69, 9.17) is 5.73 Å². The van der Waals surface area contributed by atoms with Gasteiger partial charge >= 0.3 is 0 Å². The molecule has 5 nitrogen and oxygen atoms in total. The molecule has 0 radical (unpaired) electrons. The SMILES string of the molecule is CCCC(N)=NC(C)c1ncn[nH]1. The van der Waals surface area contributed by atoms with Crippen molar-refractivity contribution >= 4 is 5.84 Å². The molecule has 5 heteroatoms. The van der Waals surface area contributed by atoms with Gasteiger partial charge in [-0.05, 0) is 13.3 Å². The predicted octanol–water partition coefficient (Wildman–Crippen LogP) is 1.02. The molecule has 0 aliphatic carbocycles. The minimum Gasteiger partial charge on any atom is -0.387 e. The molecule has 1 unspecified atom stereocenters. The van der Waals surface area contributed by atoms with Gasteiger partial charge in [-0.3, -0.25) is 10.1 Å². The second-order valence-electron chi connectivity index (χ2n) is 2.92. The third-order valence-electron chi connectivity index (χ3n) is 1.69. The highest BCUT2D eigenvalue weighted by molar-refractivity contribution is 5.80. The van der Waals surface area contributed by atoms with E-state index in [-0.39, 0.29) is 6.04 Å². The van der Waals surface area contributed by atoms with E-state index < -0.39 is 0 Å². The molecule has 1 heterocycles. The van der Waals surface area contributed by atoms with Gasteiger partial charge in [-0.25, -0.2) is 4.98 Å². The van der Waals surface area contributed by atoms with Crippen molar-refractivity contribution < 1.29 is 0 Å². The monoisotopic (exact) mass is 181 g/mol. The van der Waals surface area contributed by atoms with Gasteiger partial charge in [-0.15, -0.1) is 0 Å². The van der Waals surface area contributed by atoms with Crippen LogP contribution in [0.5, 0.6) is 0 Å². The predicted molar refractivity (Wildman–Crippen MR) is 51.3 cm³/mol. The Kier molecular flexibility index (Phi) is 3.42. The Hall–Kier alpha value is -1.39. The second-order valence-corrected chi connectivity index (χ2v) is 2.92. The van der Waals surface area contributed by atoms with Gasteiger partial charge in [-0.2, -0.15) is 5.10 Å². The molecule has 0 aliphatic heterocycles. The van der Waals surface area contributed by atoms with Gasteiger partial charge in [0.05, 0.1) is 5.84 Å². The summed E-state index contributed by atoms with van der Waals surface area (Å²) in [7, 11) is 0. The average molecular weight is 181 g/mol. The molecule has 0 saturated heterocycles.